The quantitative estimate of drug-likeness (QED) is 0.251. The van der Waals surface area contributed by atoms with Crippen LogP contribution in [0.2, 0.25) is 0 Å². The van der Waals surface area contributed by atoms with Crippen molar-refractivity contribution in [2.24, 2.45) is 4.99 Å². The van der Waals surface area contributed by atoms with Crippen LogP contribution in [0, 0.1) is 5.82 Å². The number of fused-ring (bicyclic) bond motifs is 1. The van der Waals surface area contributed by atoms with Gasteiger partial charge in [-0.05, 0) is 42.2 Å². The van der Waals surface area contributed by atoms with Crippen LogP contribution in [-0.2, 0) is 17.8 Å². The van der Waals surface area contributed by atoms with E-state index in [-0.39, 0.29) is 41.5 Å². The number of hydrogen-bond donors (Lipinski definition) is 1. The lowest BCUT2D eigenvalue weighted by molar-refractivity contribution is -0.118. The SMILES string of the molecule is CN=C(NCCCC(=O)N1CCc2ccccc21)N(C)Cc1ccc(OC)c(F)c1.I. The number of halogens is 2. The molecule has 8 heteroatoms. The van der Waals surface area contributed by atoms with Gasteiger partial charge < -0.3 is 19.9 Å². The van der Waals surface area contributed by atoms with Gasteiger partial charge in [-0.3, -0.25) is 9.79 Å². The molecule has 0 radical (unpaired) electrons. The van der Waals surface area contributed by atoms with E-state index in [9.17, 15) is 9.18 Å². The van der Waals surface area contributed by atoms with Gasteiger partial charge in [0.25, 0.3) is 0 Å². The minimum Gasteiger partial charge on any atom is -0.494 e. The zero-order valence-corrected chi connectivity index (χ0v) is 20.6. The molecule has 1 aliphatic rings. The molecule has 1 heterocycles. The van der Waals surface area contributed by atoms with Gasteiger partial charge in [-0.25, -0.2) is 4.39 Å². The molecule has 31 heavy (non-hydrogen) atoms. The minimum absolute atomic E-state index is 0. The largest absolute Gasteiger partial charge is 0.494 e. The maximum absolute atomic E-state index is 13.9. The maximum atomic E-state index is 13.9. The summed E-state index contributed by atoms with van der Waals surface area (Å²) in [5.74, 6) is 0.701. The van der Waals surface area contributed by atoms with Crippen LogP contribution < -0.4 is 15.0 Å². The summed E-state index contributed by atoms with van der Waals surface area (Å²) in [6.45, 7) is 1.90. The average Bonchev–Trinajstić information content (AvgIpc) is 3.18. The number of benzene rings is 2. The van der Waals surface area contributed by atoms with E-state index in [4.69, 9.17) is 4.74 Å². The number of rotatable bonds is 7. The number of guanidine groups is 1. The molecule has 0 unspecified atom stereocenters. The third-order valence-electron chi connectivity index (χ3n) is 5.25. The molecule has 3 rings (SSSR count). The fourth-order valence-corrected chi connectivity index (χ4v) is 3.71. The highest BCUT2D eigenvalue weighted by atomic mass is 127. The van der Waals surface area contributed by atoms with Crippen molar-refractivity contribution in [2.45, 2.75) is 25.8 Å². The molecule has 2 aromatic carbocycles. The van der Waals surface area contributed by atoms with Crippen molar-refractivity contribution < 1.29 is 13.9 Å². The van der Waals surface area contributed by atoms with E-state index in [0.717, 1.165) is 24.2 Å². The van der Waals surface area contributed by atoms with Crippen molar-refractivity contribution in [1.29, 1.82) is 0 Å². The Bertz CT molecular complexity index is 922. The zero-order chi connectivity index (χ0) is 21.5. The molecule has 0 aromatic heterocycles. The lowest BCUT2D eigenvalue weighted by atomic mass is 10.2. The predicted octanol–water partition coefficient (Wildman–Crippen LogP) is 3.83. The highest BCUT2D eigenvalue weighted by molar-refractivity contribution is 14.0. The summed E-state index contributed by atoms with van der Waals surface area (Å²) in [6, 6.07) is 13.0. The van der Waals surface area contributed by atoms with Gasteiger partial charge in [-0.2, -0.15) is 0 Å². The average molecular weight is 540 g/mol. The molecule has 0 saturated carbocycles. The smallest absolute Gasteiger partial charge is 0.227 e. The molecule has 1 N–H and O–H groups in total. The lowest BCUT2D eigenvalue weighted by Crippen LogP contribution is -2.39. The molecule has 0 aliphatic carbocycles. The van der Waals surface area contributed by atoms with E-state index in [1.54, 1.807) is 13.1 Å². The fraction of sp³-hybridized carbons (Fsp3) is 0.391. The van der Waals surface area contributed by atoms with Crippen molar-refractivity contribution in [2.75, 3.05) is 39.2 Å². The highest BCUT2D eigenvalue weighted by Gasteiger charge is 2.23. The van der Waals surface area contributed by atoms with Crippen molar-refractivity contribution in [3.8, 4) is 5.75 Å². The number of nitrogens with zero attached hydrogens (tertiary/aromatic N) is 3. The van der Waals surface area contributed by atoms with E-state index in [1.165, 1.54) is 18.7 Å². The summed E-state index contributed by atoms with van der Waals surface area (Å²) < 4.78 is 18.9. The minimum atomic E-state index is -0.381. The van der Waals surface area contributed by atoms with Gasteiger partial charge in [0, 0.05) is 45.8 Å². The number of anilines is 1. The fourth-order valence-electron chi connectivity index (χ4n) is 3.71. The first-order valence-electron chi connectivity index (χ1n) is 10.2. The van der Waals surface area contributed by atoms with E-state index < -0.39 is 0 Å². The van der Waals surface area contributed by atoms with Crippen molar-refractivity contribution >= 4 is 41.5 Å². The van der Waals surface area contributed by atoms with Gasteiger partial charge in [0.05, 0.1) is 7.11 Å². The second kappa shape index (κ2) is 11.9. The van der Waals surface area contributed by atoms with Crippen LogP contribution in [0.3, 0.4) is 0 Å². The van der Waals surface area contributed by atoms with Gasteiger partial charge in [0.15, 0.2) is 17.5 Å². The van der Waals surface area contributed by atoms with Crippen molar-refractivity contribution in [1.82, 2.24) is 10.2 Å². The molecule has 0 saturated heterocycles. The zero-order valence-electron chi connectivity index (χ0n) is 18.2. The van der Waals surface area contributed by atoms with Crippen LogP contribution in [0.1, 0.15) is 24.0 Å². The Morgan fingerprint density at radius 1 is 1.29 bits per heavy atom. The maximum Gasteiger partial charge on any atom is 0.227 e. The molecule has 6 nitrogen and oxygen atoms in total. The Kier molecular flexibility index (Phi) is 9.54. The first-order chi connectivity index (χ1) is 14.5. The normalized spacial score (nSPS) is 12.8. The molecule has 168 valence electrons. The van der Waals surface area contributed by atoms with Gasteiger partial charge in [0.1, 0.15) is 0 Å². The lowest BCUT2D eigenvalue weighted by Gasteiger charge is -2.22. The second-order valence-corrected chi connectivity index (χ2v) is 7.33. The molecule has 2 aromatic rings. The van der Waals surface area contributed by atoms with Gasteiger partial charge in [0.2, 0.25) is 5.91 Å². The monoisotopic (exact) mass is 540 g/mol. The summed E-state index contributed by atoms with van der Waals surface area (Å²) >= 11 is 0. The first-order valence-corrected chi connectivity index (χ1v) is 10.2. The number of methoxy groups -OCH3 is 1. The van der Waals surface area contributed by atoms with E-state index >= 15 is 0 Å². The van der Waals surface area contributed by atoms with E-state index in [1.807, 2.05) is 41.1 Å². The van der Waals surface area contributed by atoms with Crippen LogP contribution >= 0.6 is 24.0 Å². The Labute approximate surface area is 200 Å². The van der Waals surface area contributed by atoms with Crippen LogP contribution in [0.15, 0.2) is 47.5 Å². The van der Waals surface area contributed by atoms with Crippen molar-refractivity contribution in [3.63, 3.8) is 0 Å². The molecule has 0 spiro atoms. The highest BCUT2D eigenvalue weighted by Crippen LogP contribution is 2.28. The third-order valence-corrected chi connectivity index (χ3v) is 5.25. The topological polar surface area (TPSA) is 57.2 Å². The van der Waals surface area contributed by atoms with Gasteiger partial charge in [-0.1, -0.05) is 24.3 Å². The summed E-state index contributed by atoms with van der Waals surface area (Å²) in [7, 11) is 5.05. The molecular weight excluding hydrogens is 510 g/mol. The predicted molar refractivity (Wildman–Crippen MR) is 133 cm³/mol. The number of para-hydroxylation sites is 1. The number of amides is 1. The Morgan fingerprint density at radius 3 is 2.77 bits per heavy atom. The van der Waals surface area contributed by atoms with E-state index in [2.05, 4.69) is 16.4 Å². The van der Waals surface area contributed by atoms with Crippen molar-refractivity contribution in [3.05, 3.63) is 59.4 Å². The molecule has 1 amide bonds. The van der Waals surface area contributed by atoms with Crippen LogP contribution in [0.5, 0.6) is 5.75 Å². The third kappa shape index (κ3) is 6.32. The summed E-state index contributed by atoms with van der Waals surface area (Å²) in [6.07, 6.45) is 2.11. The molecule has 0 fully saturated rings. The summed E-state index contributed by atoms with van der Waals surface area (Å²) in [5.41, 5.74) is 3.10. The standard InChI is InChI=1S/C23H29FN4O2.HI/c1-25-23(27(2)16-17-10-11-21(30-3)19(24)15-17)26-13-6-9-22(29)28-14-12-18-7-4-5-8-20(18)28;/h4-5,7-8,10-11,15H,6,9,12-14,16H2,1-3H3,(H,25,26);1H. The Balaban J connectivity index is 0.00000341. The van der Waals surface area contributed by atoms with Crippen LogP contribution in [0.4, 0.5) is 10.1 Å². The van der Waals surface area contributed by atoms with Crippen LogP contribution in [0.25, 0.3) is 0 Å². The van der Waals surface area contributed by atoms with Gasteiger partial charge in [-0.15, -0.1) is 24.0 Å². The first kappa shape index (κ1) is 24.9. The van der Waals surface area contributed by atoms with Gasteiger partial charge >= 0.3 is 0 Å². The number of aliphatic imine (C=N–C) groups is 1. The number of hydrogen-bond acceptors (Lipinski definition) is 3. The molecule has 0 bridgehead atoms. The van der Waals surface area contributed by atoms with Crippen LogP contribution in [-0.4, -0.2) is 51.1 Å². The molecular formula is C23H30FIN4O2. The number of carbonyl (C=O) groups is 1. The van der Waals surface area contributed by atoms with E-state index in [0.29, 0.717) is 31.9 Å². The summed E-state index contributed by atoms with van der Waals surface area (Å²) in [5, 5.41) is 3.28. The number of ether oxygens (including phenoxy) is 1. The number of nitrogens with one attached hydrogen (secondary N) is 1. The number of carbonyl (C=O) groups excluding carboxylic acids is 1. The summed E-state index contributed by atoms with van der Waals surface area (Å²) in [4.78, 5) is 20.7. The Morgan fingerprint density at radius 2 is 2.06 bits per heavy atom. The second-order valence-electron chi connectivity index (χ2n) is 7.33. The Hall–Kier alpha value is -2.36. The molecule has 0 atom stereocenters. The molecule has 1 aliphatic heterocycles.